The number of nitrogens with zero attached hydrogens (tertiary/aromatic N) is 4. The molecule has 0 aliphatic carbocycles. The minimum atomic E-state index is -0.159. The first-order valence-corrected chi connectivity index (χ1v) is 32.5. The Kier molecular flexibility index (Phi) is 16.7. The molecule has 0 aliphatic rings. The maximum atomic E-state index is 4.94. The Balaban J connectivity index is 1.05. The fourth-order valence-electron chi connectivity index (χ4n) is 12.2. The van der Waals surface area contributed by atoms with Gasteiger partial charge in [0, 0.05) is 24.9 Å². The maximum absolute atomic E-state index is 4.94. The summed E-state index contributed by atoms with van der Waals surface area (Å²) in [5.41, 5.74) is 23.7. The maximum Gasteiger partial charge on any atom is 0.0630 e. The van der Waals surface area contributed by atoms with Crippen LogP contribution < -0.4 is 0 Å². The Morgan fingerprint density at radius 2 is 0.402 bits per heavy atom. The average Bonchev–Trinajstić information content (AvgIpc) is 0.704. The lowest BCUT2D eigenvalue weighted by atomic mass is 9.77. The van der Waals surface area contributed by atoms with Crippen LogP contribution in [-0.2, 0) is 27.1 Å². The zero-order valence-electron chi connectivity index (χ0n) is 56.5. The molecule has 4 heteroatoms. The van der Waals surface area contributed by atoms with Gasteiger partial charge in [-0.15, -0.1) is 0 Å². The van der Waals surface area contributed by atoms with Crippen molar-refractivity contribution in [3.63, 3.8) is 0 Å². The van der Waals surface area contributed by atoms with Crippen LogP contribution in [0.25, 0.3) is 76.8 Å². The monoisotopic (exact) mass is 1200 g/mol. The van der Waals surface area contributed by atoms with Gasteiger partial charge in [-0.3, -0.25) is 20.0 Å². The second kappa shape index (κ2) is 24.5. The SMILES string of the molecule is CC(C)(C)c1ccc(N=Cc2ccc(-c3cc4c(-c5ccc(C=Nc6ccc(C(C)(C)C)cc6)cc5)cc(-c5ccc(C=Nc6ccc(C(C)(C)C)cc6)cc5)c5cc(-c6ccc(C=Nc7ccc(C(C)(C)C)cc7)cc6)c6cc(C(C)(C)C)cc3c6c45)cc2)cc1. The predicted octanol–water partition coefficient (Wildman–Crippen LogP) is 24.7. The van der Waals surface area contributed by atoms with Gasteiger partial charge in [-0.25, -0.2) is 0 Å². The average molecular weight is 1200 g/mol. The van der Waals surface area contributed by atoms with E-state index < -0.39 is 0 Å². The molecule has 0 heterocycles. The molecule has 0 radical (unpaired) electrons. The van der Waals surface area contributed by atoms with E-state index in [1.165, 1.54) is 71.3 Å². The third-order valence-corrected chi connectivity index (χ3v) is 18.1. The van der Waals surface area contributed by atoms with Crippen molar-refractivity contribution in [2.24, 2.45) is 20.0 Å². The molecule has 0 atom stereocenters. The minimum absolute atomic E-state index is 0.0720. The van der Waals surface area contributed by atoms with Crippen molar-refractivity contribution in [1.29, 1.82) is 0 Å². The molecule has 12 aromatic rings. The topological polar surface area (TPSA) is 49.4 Å². The molecule has 0 unspecified atom stereocenters. The van der Waals surface area contributed by atoms with Gasteiger partial charge in [-0.05, 0) is 233 Å². The lowest BCUT2D eigenvalue weighted by molar-refractivity contribution is 0.590. The van der Waals surface area contributed by atoms with Crippen molar-refractivity contribution < 1.29 is 0 Å². The molecule has 0 aromatic heterocycles. The second-order valence-electron chi connectivity index (χ2n) is 30.2. The molecule has 458 valence electrons. The molecule has 12 rings (SSSR count). The molecular weight excluding hydrogens is 1110 g/mol. The van der Waals surface area contributed by atoms with Crippen LogP contribution in [0, 0.1) is 0 Å². The fourth-order valence-corrected chi connectivity index (χ4v) is 12.2. The summed E-state index contributed by atoms with van der Waals surface area (Å²) in [6.45, 7) is 33.9. The highest BCUT2D eigenvalue weighted by Gasteiger charge is 2.26. The van der Waals surface area contributed by atoms with Crippen molar-refractivity contribution in [2.75, 3.05) is 0 Å². The standard InChI is InChI=1S/C88H86N4/c1-84(2,3)65-32-40-70(41-33-65)89-53-57-16-24-61(25-17-57)74-50-75(62-26-18-58(19-27-62)54-90-71-42-34-66(35-43-71)85(4,5)6)81-52-77(64-30-22-60(23-31-64)56-92-73-46-38-68(39-47-73)87(10,11)12)79-49-69(88(13,14)15)48-78-76(51-80(74)83(81)82(78)79)63-28-20-59(21-29-63)55-91-72-44-36-67(37-45-72)86(7,8)9/h16-56H,1-15H3. The summed E-state index contributed by atoms with van der Waals surface area (Å²) in [6, 6.07) is 82.6. The van der Waals surface area contributed by atoms with Crippen LogP contribution in [0.3, 0.4) is 0 Å². The largest absolute Gasteiger partial charge is 0.256 e. The first kappa shape index (κ1) is 62.5. The van der Waals surface area contributed by atoms with Crippen molar-refractivity contribution in [2.45, 2.75) is 131 Å². The van der Waals surface area contributed by atoms with E-state index in [-0.39, 0.29) is 27.1 Å². The first-order valence-electron chi connectivity index (χ1n) is 32.5. The summed E-state index contributed by atoms with van der Waals surface area (Å²) in [4.78, 5) is 19.8. The molecule has 4 nitrogen and oxygen atoms in total. The zero-order chi connectivity index (χ0) is 64.9. The number of aliphatic imine (C=N–C) groups is 4. The van der Waals surface area contributed by atoms with Gasteiger partial charge in [-0.1, -0.05) is 249 Å². The van der Waals surface area contributed by atoms with Gasteiger partial charge in [0.25, 0.3) is 0 Å². The third kappa shape index (κ3) is 13.7. The predicted molar refractivity (Wildman–Crippen MR) is 400 cm³/mol. The van der Waals surface area contributed by atoms with Crippen molar-refractivity contribution in [3.05, 3.63) is 275 Å². The van der Waals surface area contributed by atoms with Crippen LogP contribution in [0.15, 0.2) is 244 Å². The summed E-state index contributed by atoms with van der Waals surface area (Å²) < 4.78 is 0. The highest BCUT2D eigenvalue weighted by Crippen LogP contribution is 2.51. The van der Waals surface area contributed by atoms with Gasteiger partial charge in [0.2, 0.25) is 0 Å². The van der Waals surface area contributed by atoms with Gasteiger partial charge in [0.15, 0.2) is 0 Å². The number of rotatable bonds is 12. The van der Waals surface area contributed by atoms with Gasteiger partial charge in [0.05, 0.1) is 22.7 Å². The van der Waals surface area contributed by atoms with Crippen LogP contribution in [-0.4, -0.2) is 24.9 Å². The van der Waals surface area contributed by atoms with E-state index in [1.54, 1.807) is 0 Å². The minimum Gasteiger partial charge on any atom is -0.256 e. The molecule has 0 saturated heterocycles. The van der Waals surface area contributed by atoms with Crippen molar-refractivity contribution >= 4 is 79.9 Å². The summed E-state index contributed by atoms with van der Waals surface area (Å²) in [6.07, 6.45) is 7.92. The molecule has 92 heavy (non-hydrogen) atoms. The molecule has 0 spiro atoms. The number of hydrogen-bond acceptors (Lipinski definition) is 4. The lowest BCUT2D eigenvalue weighted by Gasteiger charge is -2.26. The summed E-state index contributed by atoms with van der Waals surface area (Å²) in [5.74, 6) is 0. The molecule has 0 bridgehead atoms. The van der Waals surface area contributed by atoms with Gasteiger partial charge >= 0.3 is 0 Å². The lowest BCUT2D eigenvalue weighted by Crippen LogP contribution is -2.11. The number of benzene rings is 12. The third-order valence-electron chi connectivity index (χ3n) is 18.1. The van der Waals surface area contributed by atoms with Gasteiger partial charge < -0.3 is 0 Å². The van der Waals surface area contributed by atoms with Gasteiger partial charge in [-0.2, -0.15) is 0 Å². The van der Waals surface area contributed by atoms with Gasteiger partial charge in [0.1, 0.15) is 0 Å². The molecule has 0 aliphatic heterocycles. The van der Waals surface area contributed by atoms with E-state index in [1.807, 2.05) is 24.9 Å². The summed E-state index contributed by atoms with van der Waals surface area (Å²) >= 11 is 0. The Morgan fingerprint density at radius 1 is 0.207 bits per heavy atom. The second-order valence-corrected chi connectivity index (χ2v) is 30.2. The van der Waals surface area contributed by atoms with Crippen LogP contribution in [0.2, 0.25) is 0 Å². The van der Waals surface area contributed by atoms with E-state index in [0.29, 0.717) is 0 Å². The molecule has 0 fully saturated rings. The Hall–Kier alpha value is -9.64. The summed E-state index contributed by atoms with van der Waals surface area (Å²) in [5, 5.41) is 7.32. The fraction of sp³-hybridized carbons (Fsp3) is 0.227. The van der Waals surface area contributed by atoms with Crippen molar-refractivity contribution in [1.82, 2.24) is 0 Å². The van der Waals surface area contributed by atoms with Crippen LogP contribution >= 0.6 is 0 Å². The molecular formula is C88H86N4. The Labute approximate surface area is 546 Å². The quantitative estimate of drug-likeness (QED) is 0.0865. The normalized spacial score (nSPS) is 13.0. The Bertz CT molecular complexity index is 4440. The number of hydrogen-bond donors (Lipinski definition) is 0. The van der Waals surface area contributed by atoms with Crippen LogP contribution in [0.4, 0.5) is 22.7 Å². The van der Waals surface area contributed by atoms with Crippen LogP contribution in [0.1, 0.15) is 154 Å². The highest BCUT2D eigenvalue weighted by molar-refractivity contribution is 6.33. The molecule has 12 aromatic carbocycles. The first-order chi connectivity index (χ1) is 43.7. The van der Waals surface area contributed by atoms with Crippen LogP contribution in [0.5, 0.6) is 0 Å². The van der Waals surface area contributed by atoms with E-state index in [2.05, 4.69) is 328 Å². The smallest absolute Gasteiger partial charge is 0.0630 e. The van der Waals surface area contributed by atoms with E-state index in [9.17, 15) is 0 Å². The van der Waals surface area contributed by atoms with E-state index in [4.69, 9.17) is 20.0 Å². The Morgan fingerprint density at radius 3 is 0.609 bits per heavy atom. The zero-order valence-corrected chi connectivity index (χ0v) is 56.5. The van der Waals surface area contributed by atoms with Crippen molar-refractivity contribution in [3.8, 4) is 44.5 Å². The van der Waals surface area contributed by atoms with E-state index in [0.717, 1.165) is 78.4 Å². The molecule has 0 N–H and O–H groups in total. The highest BCUT2D eigenvalue weighted by atomic mass is 14.7. The summed E-state index contributed by atoms with van der Waals surface area (Å²) in [7, 11) is 0. The molecule has 0 saturated carbocycles. The van der Waals surface area contributed by atoms with E-state index >= 15 is 0 Å². The molecule has 0 amide bonds.